The van der Waals surface area contributed by atoms with Crippen molar-refractivity contribution in [1.82, 2.24) is 9.97 Å². The third-order valence-corrected chi connectivity index (χ3v) is 13.8. The molecule has 0 bridgehead atoms. The number of aromatic nitrogens is 2. The van der Waals surface area contributed by atoms with Crippen LogP contribution in [0, 0.1) is 0 Å². The molecule has 1 aromatic heterocycles. The van der Waals surface area contributed by atoms with Gasteiger partial charge in [0, 0.05) is 27.5 Å². The lowest BCUT2D eigenvalue weighted by Crippen LogP contribution is -2.22. The maximum absolute atomic E-state index is 5.43. The predicted molar refractivity (Wildman–Crippen MR) is 254 cm³/mol. The minimum atomic E-state index is -0.258. The van der Waals surface area contributed by atoms with E-state index < -0.39 is 0 Å². The minimum absolute atomic E-state index is 0.123. The first-order valence-electron chi connectivity index (χ1n) is 21.3. The molecule has 10 aromatic rings. The molecule has 61 heavy (non-hydrogen) atoms. The summed E-state index contributed by atoms with van der Waals surface area (Å²) in [5, 5.41) is 4.89. The van der Waals surface area contributed by atoms with Gasteiger partial charge < -0.3 is 0 Å². The molecule has 2 aliphatic rings. The van der Waals surface area contributed by atoms with Gasteiger partial charge in [0.1, 0.15) is 0 Å². The molecule has 0 fully saturated rings. The molecule has 0 radical (unpaired) electrons. The van der Waals surface area contributed by atoms with Crippen molar-refractivity contribution in [2.75, 3.05) is 0 Å². The first-order chi connectivity index (χ1) is 29.9. The lowest BCUT2D eigenvalue weighted by atomic mass is 9.74. The van der Waals surface area contributed by atoms with E-state index in [0.717, 1.165) is 33.5 Å². The molecule has 0 amide bonds. The summed E-state index contributed by atoms with van der Waals surface area (Å²) < 4.78 is 0. The van der Waals surface area contributed by atoms with E-state index in [2.05, 4.69) is 221 Å². The molecule has 2 nitrogen and oxygen atoms in total. The van der Waals surface area contributed by atoms with Crippen LogP contribution in [0.3, 0.4) is 0 Å². The Morgan fingerprint density at radius 1 is 0.328 bits per heavy atom. The molecule has 1 atom stereocenters. The van der Waals surface area contributed by atoms with Gasteiger partial charge in [-0.1, -0.05) is 178 Å². The van der Waals surface area contributed by atoms with Crippen molar-refractivity contribution in [2.45, 2.75) is 31.6 Å². The van der Waals surface area contributed by atoms with Crippen molar-refractivity contribution in [2.24, 2.45) is 0 Å². The Bertz CT molecular complexity index is 3400. The molecule has 0 N–H and O–H groups in total. The van der Waals surface area contributed by atoms with Crippen LogP contribution in [-0.2, 0) is 10.8 Å². The molecule has 0 saturated heterocycles. The van der Waals surface area contributed by atoms with E-state index in [-0.39, 0.29) is 10.8 Å². The zero-order chi connectivity index (χ0) is 40.9. The average Bonchev–Trinajstić information content (AvgIpc) is 3.71. The topological polar surface area (TPSA) is 25.8 Å². The lowest BCUT2D eigenvalue weighted by molar-refractivity contribution is 0.661. The van der Waals surface area contributed by atoms with Gasteiger partial charge in [-0.3, -0.25) is 0 Å². The molecule has 0 aliphatic heterocycles. The summed E-state index contributed by atoms with van der Waals surface area (Å²) >= 11 is 0. The van der Waals surface area contributed by atoms with E-state index >= 15 is 0 Å². The molecule has 1 unspecified atom stereocenters. The quantitative estimate of drug-likeness (QED) is 0.174. The summed E-state index contributed by atoms with van der Waals surface area (Å²) in [5.41, 5.74) is 18.9. The largest absolute Gasteiger partial charge is 0.228 e. The molecule has 1 heterocycles. The van der Waals surface area contributed by atoms with Gasteiger partial charge in [-0.15, -0.1) is 0 Å². The minimum Gasteiger partial charge on any atom is -0.228 e. The Kier molecular flexibility index (Phi) is 7.74. The highest BCUT2D eigenvalue weighted by Crippen LogP contribution is 2.54. The number of rotatable bonds is 5. The average molecular weight is 779 g/mol. The maximum atomic E-state index is 5.43. The zero-order valence-electron chi connectivity index (χ0n) is 34.4. The first kappa shape index (κ1) is 35.5. The summed E-state index contributed by atoms with van der Waals surface area (Å²) in [5.74, 6) is 0.715. The molecule has 0 spiro atoms. The van der Waals surface area contributed by atoms with E-state index in [1.807, 2.05) is 0 Å². The van der Waals surface area contributed by atoms with Gasteiger partial charge in [0.25, 0.3) is 0 Å². The van der Waals surface area contributed by atoms with Crippen LogP contribution in [0.25, 0.3) is 88.8 Å². The van der Waals surface area contributed by atoms with E-state index in [9.17, 15) is 0 Å². The fourth-order valence-electron chi connectivity index (χ4n) is 10.6. The Labute approximate surface area is 356 Å². The highest BCUT2D eigenvalue weighted by Gasteiger charge is 2.41. The predicted octanol–water partition coefficient (Wildman–Crippen LogP) is 15.1. The zero-order valence-corrected chi connectivity index (χ0v) is 34.4. The molecule has 288 valence electrons. The Morgan fingerprint density at radius 2 is 0.869 bits per heavy atom. The standard InChI is InChI=1S/C59H42N2/c1-58(2)53-35-40(26-28-47(53)50-32-38-18-10-11-19-39(38)34-54(50)58)43-29-30-48(45-23-13-12-22-44(43)45)57-60-55(37-16-6-4-7-17-37)36-56(61-57)41-27-31-52-49(33-41)46-24-14-15-25-51(46)59(52,3)42-20-8-5-9-21-42/h4-36H,1-3H3. The van der Waals surface area contributed by atoms with E-state index in [1.54, 1.807) is 0 Å². The second kappa shape index (κ2) is 13.3. The van der Waals surface area contributed by atoms with Crippen molar-refractivity contribution < 1.29 is 0 Å². The highest BCUT2D eigenvalue weighted by molar-refractivity contribution is 6.05. The first-order valence-corrected chi connectivity index (χ1v) is 21.3. The van der Waals surface area contributed by atoms with Crippen molar-refractivity contribution in [3.8, 4) is 67.3 Å². The summed E-state index contributed by atoms with van der Waals surface area (Å²) in [7, 11) is 0. The van der Waals surface area contributed by atoms with Crippen LogP contribution in [0.1, 0.15) is 48.6 Å². The Balaban J connectivity index is 1.00. The van der Waals surface area contributed by atoms with Crippen LogP contribution < -0.4 is 0 Å². The van der Waals surface area contributed by atoms with Gasteiger partial charge in [0.15, 0.2) is 5.82 Å². The van der Waals surface area contributed by atoms with Crippen LogP contribution in [0.15, 0.2) is 200 Å². The van der Waals surface area contributed by atoms with Gasteiger partial charge in [0.2, 0.25) is 0 Å². The monoisotopic (exact) mass is 778 g/mol. The molecule has 12 rings (SSSR count). The Hall–Kier alpha value is -7.42. The lowest BCUT2D eigenvalue weighted by Gasteiger charge is -2.28. The normalized spacial score (nSPS) is 15.7. The van der Waals surface area contributed by atoms with Gasteiger partial charge in [-0.2, -0.15) is 0 Å². The molecular formula is C59H42N2. The smallest absolute Gasteiger partial charge is 0.161 e. The van der Waals surface area contributed by atoms with Crippen molar-refractivity contribution in [3.63, 3.8) is 0 Å². The second-order valence-electron chi connectivity index (χ2n) is 17.5. The van der Waals surface area contributed by atoms with Gasteiger partial charge in [-0.05, 0) is 126 Å². The second-order valence-corrected chi connectivity index (χ2v) is 17.5. The Morgan fingerprint density at radius 3 is 1.66 bits per heavy atom. The number of hydrogen-bond donors (Lipinski definition) is 0. The summed E-state index contributed by atoms with van der Waals surface area (Å²) in [6.07, 6.45) is 0. The van der Waals surface area contributed by atoms with Gasteiger partial charge >= 0.3 is 0 Å². The number of benzene rings is 9. The van der Waals surface area contributed by atoms with Crippen LogP contribution in [0.5, 0.6) is 0 Å². The summed E-state index contributed by atoms with van der Waals surface area (Å²) in [6, 6.07) is 73.2. The fourth-order valence-corrected chi connectivity index (χ4v) is 10.6. The van der Waals surface area contributed by atoms with E-state index in [4.69, 9.17) is 9.97 Å². The molecular weight excluding hydrogens is 737 g/mol. The third-order valence-electron chi connectivity index (χ3n) is 13.8. The SMILES string of the molecule is CC1(C)c2cc(-c3ccc(-c4nc(-c5ccccc5)cc(-c5ccc6c(c5)-c5ccccc5C6(C)c5ccccc5)n4)c4ccccc34)ccc2-c2cc3ccccc3cc21. The van der Waals surface area contributed by atoms with Gasteiger partial charge in [0.05, 0.1) is 11.4 Å². The maximum Gasteiger partial charge on any atom is 0.161 e. The summed E-state index contributed by atoms with van der Waals surface area (Å²) in [6.45, 7) is 7.10. The van der Waals surface area contributed by atoms with Crippen LogP contribution >= 0.6 is 0 Å². The van der Waals surface area contributed by atoms with E-state index in [0.29, 0.717) is 5.82 Å². The number of fused-ring (bicyclic) bond motifs is 8. The number of hydrogen-bond acceptors (Lipinski definition) is 2. The van der Waals surface area contributed by atoms with Crippen molar-refractivity contribution in [3.05, 3.63) is 228 Å². The van der Waals surface area contributed by atoms with E-state index in [1.165, 1.54) is 77.4 Å². The van der Waals surface area contributed by atoms with Crippen molar-refractivity contribution >= 4 is 21.5 Å². The van der Waals surface area contributed by atoms with Crippen LogP contribution in [-0.4, -0.2) is 9.97 Å². The summed E-state index contributed by atoms with van der Waals surface area (Å²) in [4.78, 5) is 10.8. The molecule has 2 aliphatic carbocycles. The molecule has 9 aromatic carbocycles. The van der Waals surface area contributed by atoms with Crippen molar-refractivity contribution in [1.29, 1.82) is 0 Å². The highest BCUT2D eigenvalue weighted by atomic mass is 14.9. The van der Waals surface area contributed by atoms with Crippen LogP contribution in [0.4, 0.5) is 0 Å². The van der Waals surface area contributed by atoms with Gasteiger partial charge in [-0.25, -0.2) is 9.97 Å². The number of nitrogens with zero attached hydrogens (tertiary/aromatic N) is 2. The fraction of sp³-hybridized carbons (Fsp3) is 0.0847. The van der Waals surface area contributed by atoms with Crippen LogP contribution in [0.2, 0.25) is 0 Å². The molecule has 2 heteroatoms. The third kappa shape index (κ3) is 5.35. The molecule has 0 saturated carbocycles.